The minimum Gasteiger partial charge on any atom is -0.374 e. The lowest BCUT2D eigenvalue weighted by atomic mass is 9.90. The highest BCUT2D eigenvalue weighted by Gasteiger charge is 2.52. The molecule has 1 saturated heterocycles. The number of fused-ring (bicyclic) bond motifs is 2. The van der Waals surface area contributed by atoms with Crippen molar-refractivity contribution in [1.29, 1.82) is 0 Å². The predicted molar refractivity (Wildman–Crippen MR) is 36.7 cm³/mol. The molecule has 56 valence electrons. The highest BCUT2D eigenvalue weighted by atomic mass is 16.5. The second-order valence-corrected chi connectivity index (χ2v) is 3.90. The van der Waals surface area contributed by atoms with Crippen molar-refractivity contribution in [2.24, 2.45) is 5.41 Å². The zero-order valence-corrected chi connectivity index (χ0v) is 6.22. The van der Waals surface area contributed by atoms with Crippen molar-refractivity contribution in [3.8, 4) is 0 Å². The summed E-state index contributed by atoms with van der Waals surface area (Å²) in [6.45, 7) is 2.76. The molecule has 2 rings (SSSR count). The van der Waals surface area contributed by atoms with Gasteiger partial charge in [-0.05, 0) is 26.2 Å². The smallest absolute Gasteiger partial charge is 0.128 e. The summed E-state index contributed by atoms with van der Waals surface area (Å²) in [6, 6.07) is 0. The van der Waals surface area contributed by atoms with Crippen molar-refractivity contribution >= 4 is 6.29 Å². The van der Waals surface area contributed by atoms with E-state index in [1.807, 2.05) is 0 Å². The Balaban J connectivity index is 2.26. The lowest BCUT2D eigenvalue weighted by Gasteiger charge is -2.22. The fourth-order valence-electron chi connectivity index (χ4n) is 2.13. The molecule has 0 radical (unpaired) electrons. The van der Waals surface area contributed by atoms with Crippen LogP contribution in [0.15, 0.2) is 0 Å². The first-order valence-electron chi connectivity index (χ1n) is 3.78. The molecule has 0 N–H and O–H groups in total. The first-order valence-corrected chi connectivity index (χ1v) is 3.78. The monoisotopic (exact) mass is 140 g/mol. The van der Waals surface area contributed by atoms with Crippen LogP contribution in [0.4, 0.5) is 0 Å². The van der Waals surface area contributed by atoms with Crippen LogP contribution in [0.5, 0.6) is 0 Å². The summed E-state index contributed by atoms with van der Waals surface area (Å²) in [4.78, 5) is 10.6. The van der Waals surface area contributed by atoms with Crippen LogP contribution in [0.2, 0.25) is 0 Å². The third kappa shape index (κ3) is 0.655. The molecule has 2 atom stereocenters. The van der Waals surface area contributed by atoms with Crippen molar-refractivity contribution in [3.63, 3.8) is 0 Å². The Kier molecular flexibility index (Phi) is 1.03. The molecule has 2 nitrogen and oxygen atoms in total. The van der Waals surface area contributed by atoms with Crippen LogP contribution in [0.1, 0.15) is 26.2 Å². The third-order valence-corrected chi connectivity index (χ3v) is 2.84. The SMILES string of the molecule is CC12CCC(C=O)(CO1)C2. The van der Waals surface area contributed by atoms with Crippen molar-refractivity contribution in [2.45, 2.75) is 31.8 Å². The summed E-state index contributed by atoms with van der Waals surface area (Å²) in [6.07, 6.45) is 4.13. The van der Waals surface area contributed by atoms with Gasteiger partial charge in [-0.25, -0.2) is 0 Å². The maximum atomic E-state index is 10.6. The van der Waals surface area contributed by atoms with Crippen LogP contribution in [0, 0.1) is 5.41 Å². The van der Waals surface area contributed by atoms with Gasteiger partial charge in [-0.2, -0.15) is 0 Å². The summed E-state index contributed by atoms with van der Waals surface area (Å²) < 4.78 is 5.50. The number of carbonyl (C=O) groups excluding carboxylic acids is 1. The Morgan fingerprint density at radius 2 is 2.30 bits per heavy atom. The molecule has 0 aromatic heterocycles. The molecule has 0 amide bonds. The van der Waals surface area contributed by atoms with E-state index in [9.17, 15) is 4.79 Å². The maximum Gasteiger partial charge on any atom is 0.128 e. The topological polar surface area (TPSA) is 26.3 Å². The summed E-state index contributed by atoms with van der Waals surface area (Å²) in [5, 5.41) is 0. The number of hydrogen-bond acceptors (Lipinski definition) is 2. The molecule has 0 aromatic carbocycles. The number of carbonyl (C=O) groups is 1. The van der Waals surface area contributed by atoms with Crippen molar-refractivity contribution in [3.05, 3.63) is 0 Å². The van der Waals surface area contributed by atoms with E-state index in [0.29, 0.717) is 6.61 Å². The molecule has 1 saturated carbocycles. The maximum absolute atomic E-state index is 10.6. The van der Waals surface area contributed by atoms with E-state index in [1.165, 1.54) is 0 Å². The molecule has 1 aliphatic carbocycles. The van der Waals surface area contributed by atoms with Crippen LogP contribution in [0.25, 0.3) is 0 Å². The molecule has 2 unspecified atom stereocenters. The first-order chi connectivity index (χ1) is 4.68. The Morgan fingerprint density at radius 1 is 1.50 bits per heavy atom. The van der Waals surface area contributed by atoms with Crippen LogP contribution >= 0.6 is 0 Å². The number of hydrogen-bond donors (Lipinski definition) is 0. The molecule has 1 heterocycles. The van der Waals surface area contributed by atoms with Crippen molar-refractivity contribution in [1.82, 2.24) is 0 Å². The first kappa shape index (κ1) is 6.35. The normalized spacial score (nSPS) is 51.7. The molecule has 2 fully saturated rings. The van der Waals surface area contributed by atoms with Gasteiger partial charge < -0.3 is 9.53 Å². The number of ether oxygens (including phenoxy) is 1. The third-order valence-electron chi connectivity index (χ3n) is 2.84. The van der Waals surface area contributed by atoms with E-state index in [-0.39, 0.29) is 11.0 Å². The minimum atomic E-state index is -0.0885. The minimum absolute atomic E-state index is 0.0426. The Morgan fingerprint density at radius 3 is 2.50 bits per heavy atom. The van der Waals surface area contributed by atoms with Crippen LogP contribution in [0.3, 0.4) is 0 Å². The van der Waals surface area contributed by atoms with Gasteiger partial charge in [-0.3, -0.25) is 0 Å². The molecule has 0 spiro atoms. The van der Waals surface area contributed by atoms with E-state index < -0.39 is 0 Å². The molecule has 2 heteroatoms. The number of aldehydes is 1. The Labute approximate surface area is 60.6 Å². The zero-order chi connectivity index (χ0) is 7.24. The highest BCUT2D eigenvalue weighted by Crippen LogP contribution is 2.51. The number of rotatable bonds is 1. The molecular weight excluding hydrogens is 128 g/mol. The fraction of sp³-hybridized carbons (Fsp3) is 0.875. The van der Waals surface area contributed by atoms with Gasteiger partial charge in [-0.15, -0.1) is 0 Å². The van der Waals surface area contributed by atoms with Gasteiger partial charge in [-0.1, -0.05) is 0 Å². The highest BCUT2D eigenvalue weighted by molar-refractivity contribution is 5.61. The second-order valence-electron chi connectivity index (χ2n) is 3.90. The Bertz CT molecular complexity index is 166. The Hall–Kier alpha value is -0.370. The lowest BCUT2D eigenvalue weighted by Crippen LogP contribution is -2.24. The molecule has 2 bridgehead atoms. The van der Waals surface area contributed by atoms with Crippen LogP contribution in [-0.2, 0) is 9.53 Å². The van der Waals surface area contributed by atoms with Gasteiger partial charge in [0.1, 0.15) is 6.29 Å². The van der Waals surface area contributed by atoms with Gasteiger partial charge >= 0.3 is 0 Å². The summed E-state index contributed by atoms with van der Waals surface area (Å²) in [5.41, 5.74) is -0.0460. The summed E-state index contributed by atoms with van der Waals surface area (Å²) in [5.74, 6) is 0. The van der Waals surface area contributed by atoms with Gasteiger partial charge in [0, 0.05) is 0 Å². The van der Waals surface area contributed by atoms with E-state index in [0.717, 1.165) is 25.5 Å². The molecule has 0 aromatic rings. The molecule has 10 heavy (non-hydrogen) atoms. The molecule has 2 aliphatic rings. The largest absolute Gasteiger partial charge is 0.374 e. The molecule has 1 aliphatic heterocycles. The molecular formula is C8H12O2. The summed E-state index contributed by atoms with van der Waals surface area (Å²) >= 11 is 0. The van der Waals surface area contributed by atoms with E-state index >= 15 is 0 Å². The van der Waals surface area contributed by atoms with E-state index in [2.05, 4.69) is 6.92 Å². The average molecular weight is 140 g/mol. The van der Waals surface area contributed by atoms with Crippen molar-refractivity contribution in [2.75, 3.05) is 6.61 Å². The zero-order valence-electron chi connectivity index (χ0n) is 6.22. The lowest BCUT2D eigenvalue weighted by molar-refractivity contribution is -0.117. The van der Waals surface area contributed by atoms with E-state index in [1.54, 1.807) is 0 Å². The summed E-state index contributed by atoms with van der Waals surface area (Å²) in [7, 11) is 0. The predicted octanol–water partition coefficient (Wildman–Crippen LogP) is 1.14. The van der Waals surface area contributed by atoms with Gasteiger partial charge in [0.2, 0.25) is 0 Å². The van der Waals surface area contributed by atoms with Gasteiger partial charge in [0.05, 0.1) is 17.6 Å². The average Bonchev–Trinajstić information content (AvgIpc) is 2.42. The fourth-order valence-corrected chi connectivity index (χ4v) is 2.13. The van der Waals surface area contributed by atoms with E-state index in [4.69, 9.17) is 4.74 Å². The van der Waals surface area contributed by atoms with Gasteiger partial charge in [0.15, 0.2) is 0 Å². The van der Waals surface area contributed by atoms with Gasteiger partial charge in [0.25, 0.3) is 0 Å². The standard InChI is InChI=1S/C8H12O2/c1-7-2-3-8(4-7,5-9)6-10-7/h5H,2-4,6H2,1H3. The van der Waals surface area contributed by atoms with Crippen LogP contribution < -0.4 is 0 Å². The quantitative estimate of drug-likeness (QED) is 0.510. The second kappa shape index (κ2) is 1.62. The van der Waals surface area contributed by atoms with Crippen LogP contribution in [-0.4, -0.2) is 18.5 Å². The van der Waals surface area contributed by atoms with Crippen molar-refractivity contribution < 1.29 is 9.53 Å².